The molecular weight excluding hydrogens is 482 g/mol. The molecular formula is C34H45N3O2. The van der Waals surface area contributed by atoms with E-state index in [1.54, 1.807) is 7.11 Å². The minimum Gasteiger partial charge on any atom is -0.496 e. The summed E-state index contributed by atoms with van der Waals surface area (Å²) < 4.78 is 7.44. The van der Waals surface area contributed by atoms with Crippen molar-refractivity contribution >= 4 is 5.91 Å². The van der Waals surface area contributed by atoms with Crippen LogP contribution in [0.4, 0.5) is 0 Å². The molecule has 0 atom stereocenters. The Balaban J connectivity index is 1.24. The zero-order valence-corrected chi connectivity index (χ0v) is 24.2. The summed E-state index contributed by atoms with van der Waals surface area (Å²) >= 11 is 0. The lowest BCUT2D eigenvalue weighted by Crippen LogP contribution is -2.47. The van der Waals surface area contributed by atoms with Gasteiger partial charge in [-0.15, -0.1) is 0 Å². The van der Waals surface area contributed by atoms with Gasteiger partial charge in [0.25, 0.3) is 0 Å². The monoisotopic (exact) mass is 527 g/mol. The van der Waals surface area contributed by atoms with E-state index < -0.39 is 5.41 Å². The predicted octanol–water partition coefficient (Wildman–Crippen LogP) is 7.74. The largest absolute Gasteiger partial charge is 0.496 e. The van der Waals surface area contributed by atoms with Crippen LogP contribution in [0.15, 0.2) is 54.9 Å². The smallest absolute Gasteiger partial charge is 0.230 e. The maximum atomic E-state index is 13.9. The van der Waals surface area contributed by atoms with Gasteiger partial charge in [0.05, 0.1) is 18.7 Å². The summed E-state index contributed by atoms with van der Waals surface area (Å²) in [5.74, 6) is 2.35. The zero-order valence-electron chi connectivity index (χ0n) is 24.2. The van der Waals surface area contributed by atoms with Gasteiger partial charge in [0, 0.05) is 24.3 Å². The molecule has 0 aliphatic heterocycles. The normalized spacial score (nSPS) is 21.1. The number of hydrogen-bond donors (Lipinski definition) is 1. The lowest BCUT2D eigenvalue weighted by Gasteiger charge is -2.37. The molecule has 0 bridgehead atoms. The van der Waals surface area contributed by atoms with Crippen molar-refractivity contribution in [3.8, 4) is 16.9 Å². The molecule has 3 aromatic rings. The molecule has 5 nitrogen and oxygen atoms in total. The fourth-order valence-corrected chi connectivity index (χ4v) is 6.83. The number of aromatic nitrogens is 2. The minimum absolute atomic E-state index is 0.227. The summed E-state index contributed by atoms with van der Waals surface area (Å²) in [6.07, 6.45) is 14.0. The number of rotatable bonds is 8. The number of hydrogen-bond acceptors (Lipinski definition) is 3. The van der Waals surface area contributed by atoms with E-state index in [9.17, 15) is 4.79 Å². The Labute approximate surface area is 234 Å². The van der Waals surface area contributed by atoms with Crippen LogP contribution in [0, 0.1) is 12.8 Å². The molecule has 1 N–H and O–H groups in total. The third-order valence-electron chi connectivity index (χ3n) is 9.31. The maximum absolute atomic E-state index is 13.9. The molecule has 0 spiro atoms. The van der Waals surface area contributed by atoms with Crippen LogP contribution in [0.5, 0.6) is 5.75 Å². The Morgan fingerprint density at radius 2 is 1.82 bits per heavy atom. The Hall–Kier alpha value is -3.08. The van der Waals surface area contributed by atoms with E-state index in [-0.39, 0.29) is 5.91 Å². The Morgan fingerprint density at radius 1 is 1.05 bits per heavy atom. The SMILES string of the molecule is COc1ccc(C2CCC(CNC(=O)C3(c4cccc(-c5cnn(C(C)C)c5)c4)CCCCC3)CC2)cc1C. The highest BCUT2D eigenvalue weighted by Crippen LogP contribution is 2.42. The highest BCUT2D eigenvalue weighted by molar-refractivity contribution is 5.89. The minimum atomic E-state index is -0.430. The van der Waals surface area contributed by atoms with Crippen molar-refractivity contribution in [1.29, 1.82) is 0 Å². The first-order valence-electron chi connectivity index (χ1n) is 15.0. The average Bonchev–Trinajstić information content (AvgIpc) is 3.48. The Bertz CT molecular complexity index is 1260. The first kappa shape index (κ1) is 27.5. The van der Waals surface area contributed by atoms with Gasteiger partial charge in [-0.3, -0.25) is 9.48 Å². The number of carbonyl (C=O) groups excluding carboxylic acids is 1. The predicted molar refractivity (Wildman–Crippen MR) is 158 cm³/mol. The van der Waals surface area contributed by atoms with Gasteiger partial charge in [-0.05, 0) is 106 Å². The molecule has 2 aliphatic rings. The molecule has 2 saturated carbocycles. The number of benzene rings is 2. The van der Waals surface area contributed by atoms with Gasteiger partial charge in [-0.2, -0.15) is 5.10 Å². The lowest BCUT2D eigenvalue weighted by atomic mass is 9.68. The Morgan fingerprint density at radius 3 is 2.49 bits per heavy atom. The molecule has 0 radical (unpaired) electrons. The van der Waals surface area contributed by atoms with Crippen molar-refractivity contribution in [3.63, 3.8) is 0 Å². The highest BCUT2D eigenvalue weighted by atomic mass is 16.5. The summed E-state index contributed by atoms with van der Waals surface area (Å²) in [5.41, 5.74) is 5.62. The van der Waals surface area contributed by atoms with E-state index >= 15 is 0 Å². The number of nitrogens with one attached hydrogen (secondary N) is 1. The second-order valence-electron chi connectivity index (χ2n) is 12.2. The van der Waals surface area contributed by atoms with Crippen molar-refractivity contribution in [2.45, 2.75) is 95.9 Å². The first-order chi connectivity index (χ1) is 18.9. The van der Waals surface area contributed by atoms with Crippen LogP contribution in [-0.2, 0) is 10.2 Å². The second-order valence-corrected chi connectivity index (χ2v) is 12.2. The zero-order chi connectivity index (χ0) is 27.4. The third-order valence-corrected chi connectivity index (χ3v) is 9.31. The summed E-state index contributed by atoms with van der Waals surface area (Å²) in [5, 5.41) is 7.98. The molecule has 39 heavy (non-hydrogen) atoms. The van der Waals surface area contributed by atoms with Crippen LogP contribution in [0.1, 0.15) is 100 Å². The number of carbonyl (C=O) groups is 1. The topological polar surface area (TPSA) is 56.1 Å². The Kier molecular flexibility index (Phi) is 8.44. The quantitative estimate of drug-likeness (QED) is 0.326. The van der Waals surface area contributed by atoms with E-state index in [1.165, 1.54) is 43.2 Å². The summed E-state index contributed by atoms with van der Waals surface area (Å²) in [4.78, 5) is 13.9. The van der Waals surface area contributed by atoms with Crippen LogP contribution >= 0.6 is 0 Å². The molecule has 2 aliphatic carbocycles. The van der Waals surface area contributed by atoms with Crippen LogP contribution in [0.25, 0.3) is 11.1 Å². The van der Waals surface area contributed by atoms with Gasteiger partial charge >= 0.3 is 0 Å². The molecule has 2 fully saturated rings. The lowest BCUT2D eigenvalue weighted by molar-refractivity contribution is -0.128. The van der Waals surface area contributed by atoms with Crippen LogP contribution < -0.4 is 10.1 Å². The number of nitrogens with zero attached hydrogens (tertiary/aromatic N) is 2. The van der Waals surface area contributed by atoms with E-state index in [0.717, 1.165) is 54.7 Å². The van der Waals surface area contributed by atoms with Crippen LogP contribution in [0.3, 0.4) is 0 Å². The van der Waals surface area contributed by atoms with E-state index in [1.807, 2.05) is 10.9 Å². The van der Waals surface area contributed by atoms with E-state index in [2.05, 4.69) is 79.8 Å². The fraction of sp³-hybridized carbons (Fsp3) is 0.529. The van der Waals surface area contributed by atoms with E-state index in [0.29, 0.717) is 17.9 Å². The van der Waals surface area contributed by atoms with Crippen LogP contribution in [-0.4, -0.2) is 29.3 Å². The van der Waals surface area contributed by atoms with Crippen molar-refractivity contribution in [2.24, 2.45) is 5.92 Å². The maximum Gasteiger partial charge on any atom is 0.230 e. The number of amides is 1. The van der Waals surface area contributed by atoms with Gasteiger partial charge in [-0.1, -0.05) is 49.6 Å². The molecule has 1 amide bonds. The van der Waals surface area contributed by atoms with Gasteiger partial charge in [-0.25, -0.2) is 0 Å². The van der Waals surface area contributed by atoms with Gasteiger partial charge in [0.2, 0.25) is 5.91 Å². The van der Waals surface area contributed by atoms with Crippen molar-refractivity contribution in [3.05, 3.63) is 71.5 Å². The van der Waals surface area contributed by atoms with Gasteiger partial charge < -0.3 is 10.1 Å². The first-order valence-corrected chi connectivity index (χ1v) is 15.0. The van der Waals surface area contributed by atoms with Crippen LogP contribution in [0.2, 0.25) is 0 Å². The molecule has 208 valence electrons. The summed E-state index contributed by atoms with van der Waals surface area (Å²) in [6, 6.07) is 15.6. The molecule has 2 aromatic carbocycles. The molecule has 5 rings (SSSR count). The number of ether oxygens (including phenoxy) is 1. The third kappa shape index (κ3) is 5.92. The molecule has 1 heterocycles. The summed E-state index contributed by atoms with van der Waals surface area (Å²) in [7, 11) is 1.73. The van der Waals surface area contributed by atoms with Crippen molar-refractivity contribution in [1.82, 2.24) is 15.1 Å². The average molecular weight is 528 g/mol. The molecule has 0 unspecified atom stereocenters. The second kappa shape index (κ2) is 12.0. The fourth-order valence-electron chi connectivity index (χ4n) is 6.83. The molecule has 5 heteroatoms. The molecule has 1 aromatic heterocycles. The number of methoxy groups -OCH3 is 1. The van der Waals surface area contributed by atoms with Gasteiger partial charge in [0.1, 0.15) is 5.75 Å². The van der Waals surface area contributed by atoms with Crippen molar-refractivity contribution < 1.29 is 9.53 Å². The summed E-state index contributed by atoms with van der Waals surface area (Å²) in [6.45, 7) is 7.19. The highest BCUT2D eigenvalue weighted by Gasteiger charge is 2.41. The van der Waals surface area contributed by atoms with Crippen molar-refractivity contribution in [2.75, 3.05) is 13.7 Å². The van der Waals surface area contributed by atoms with E-state index in [4.69, 9.17) is 4.74 Å². The number of aryl methyl sites for hydroxylation is 1. The van der Waals surface area contributed by atoms with Gasteiger partial charge in [0.15, 0.2) is 0 Å². The molecule has 0 saturated heterocycles. The standard InChI is InChI=1S/C34H45N3O2/c1-24(2)37-23-30(22-36-37)28-9-8-10-31(20-28)34(17-6-5-7-18-34)33(38)35-21-26-11-13-27(14-12-26)29-15-16-32(39-4)25(3)19-29/h8-10,15-16,19-20,22-24,26-27H,5-7,11-14,17-18,21H2,1-4H3,(H,35,38).